The number of likely N-dealkylation sites (tertiary alicyclic amines) is 1. The van der Waals surface area contributed by atoms with Crippen LogP contribution < -0.4 is 0 Å². The molecular formula is C15H27NO3. The number of nitrogens with zero attached hydrogens (tertiary/aromatic N) is 1. The summed E-state index contributed by atoms with van der Waals surface area (Å²) in [5, 5.41) is 9.29. The van der Waals surface area contributed by atoms with Crippen molar-refractivity contribution in [2.24, 2.45) is 11.8 Å². The Balaban J connectivity index is 2.04. The molecule has 2 unspecified atom stereocenters. The second kappa shape index (κ2) is 5.15. The van der Waals surface area contributed by atoms with Crippen molar-refractivity contribution in [3.63, 3.8) is 0 Å². The SMILES string of the molecule is CC1(C)OC(C)(C)C(CN2CCCC(CO)C2)C1=O. The van der Waals surface area contributed by atoms with Crippen LogP contribution in [0.2, 0.25) is 0 Å². The molecule has 0 saturated carbocycles. The summed E-state index contributed by atoms with van der Waals surface area (Å²) in [7, 11) is 0. The van der Waals surface area contributed by atoms with E-state index in [-0.39, 0.29) is 18.3 Å². The number of ether oxygens (including phenoxy) is 1. The number of Topliss-reactive ketones (excluding diaryl/α,β-unsaturated/α-hetero) is 1. The Hall–Kier alpha value is -0.450. The fraction of sp³-hybridized carbons (Fsp3) is 0.933. The molecule has 4 heteroatoms. The first-order valence-electron chi connectivity index (χ1n) is 7.34. The first-order chi connectivity index (χ1) is 8.76. The number of aliphatic hydroxyl groups excluding tert-OH is 1. The first-order valence-corrected chi connectivity index (χ1v) is 7.34. The van der Waals surface area contributed by atoms with Gasteiger partial charge in [-0.05, 0) is 53.0 Å². The van der Waals surface area contributed by atoms with Crippen molar-refractivity contribution >= 4 is 5.78 Å². The van der Waals surface area contributed by atoms with Gasteiger partial charge >= 0.3 is 0 Å². The van der Waals surface area contributed by atoms with Crippen LogP contribution in [0.15, 0.2) is 0 Å². The summed E-state index contributed by atoms with van der Waals surface area (Å²) in [5.74, 6) is 0.505. The van der Waals surface area contributed by atoms with Gasteiger partial charge in [0.15, 0.2) is 5.78 Å². The summed E-state index contributed by atoms with van der Waals surface area (Å²) in [6, 6.07) is 0. The van der Waals surface area contributed by atoms with Crippen LogP contribution >= 0.6 is 0 Å². The number of carbonyl (C=O) groups excluding carboxylic acids is 1. The largest absolute Gasteiger partial charge is 0.396 e. The number of hydrogen-bond donors (Lipinski definition) is 1. The zero-order valence-electron chi connectivity index (χ0n) is 12.6. The Morgan fingerprint density at radius 1 is 1.37 bits per heavy atom. The lowest BCUT2D eigenvalue weighted by atomic mass is 9.85. The van der Waals surface area contributed by atoms with Gasteiger partial charge in [0, 0.05) is 19.7 Å². The maximum atomic E-state index is 12.5. The predicted molar refractivity (Wildman–Crippen MR) is 74.0 cm³/mol. The zero-order chi connectivity index (χ0) is 14.3. The summed E-state index contributed by atoms with van der Waals surface area (Å²) in [4.78, 5) is 14.8. The maximum absolute atomic E-state index is 12.5. The number of aliphatic hydroxyl groups is 1. The van der Waals surface area contributed by atoms with E-state index in [2.05, 4.69) is 4.90 Å². The van der Waals surface area contributed by atoms with E-state index in [0.717, 1.165) is 32.5 Å². The zero-order valence-corrected chi connectivity index (χ0v) is 12.6. The lowest BCUT2D eigenvalue weighted by Crippen LogP contribution is -2.45. The molecule has 2 saturated heterocycles. The highest BCUT2D eigenvalue weighted by Gasteiger charge is 2.53. The van der Waals surface area contributed by atoms with Crippen molar-refractivity contribution in [3.05, 3.63) is 0 Å². The third-order valence-corrected chi connectivity index (χ3v) is 4.57. The summed E-state index contributed by atoms with van der Waals surface area (Å²) in [6.45, 7) is 10.7. The quantitative estimate of drug-likeness (QED) is 0.843. The van der Waals surface area contributed by atoms with E-state index in [0.29, 0.717) is 5.92 Å². The highest BCUT2D eigenvalue weighted by Crippen LogP contribution is 2.39. The van der Waals surface area contributed by atoms with Gasteiger partial charge in [-0.3, -0.25) is 4.79 Å². The van der Waals surface area contributed by atoms with Crippen LogP contribution in [0.25, 0.3) is 0 Å². The van der Waals surface area contributed by atoms with Crippen molar-refractivity contribution < 1.29 is 14.6 Å². The summed E-state index contributed by atoms with van der Waals surface area (Å²) < 4.78 is 5.93. The number of carbonyl (C=O) groups is 1. The minimum absolute atomic E-state index is 0.0695. The molecule has 2 atom stereocenters. The minimum atomic E-state index is -0.666. The van der Waals surface area contributed by atoms with E-state index >= 15 is 0 Å². The van der Waals surface area contributed by atoms with Gasteiger partial charge in [0.25, 0.3) is 0 Å². The van der Waals surface area contributed by atoms with Crippen molar-refractivity contribution in [2.75, 3.05) is 26.2 Å². The van der Waals surface area contributed by atoms with Crippen LogP contribution in [0, 0.1) is 11.8 Å². The smallest absolute Gasteiger partial charge is 0.171 e. The van der Waals surface area contributed by atoms with Gasteiger partial charge in [-0.2, -0.15) is 0 Å². The Kier molecular flexibility index (Phi) is 4.05. The lowest BCUT2D eigenvalue weighted by Gasteiger charge is -2.35. The minimum Gasteiger partial charge on any atom is -0.396 e. The van der Waals surface area contributed by atoms with Gasteiger partial charge in [-0.1, -0.05) is 0 Å². The number of ketones is 1. The molecule has 2 rings (SSSR count). The highest BCUT2D eigenvalue weighted by atomic mass is 16.5. The second-order valence-corrected chi connectivity index (χ2v) is 7.08. The standard InChI is InChI=1S/C15H27NO3/c1-14(2)12(13(18)15(3,4)19-14)9-16-7-5-6-11(8-16)10-17/h11-12,17H,5-10H2,1-4H3. The van der Waals surface area contributed by atoms with E-state index in [4.69, 9.17) is 4.74 Å². The molecular weight excluding hydrogens is 242 g/mol. The van der Waals surface area contributed by atoms with Gasteiger partial charge in [0.1, 0.15) is 5.60 Å². The van der Waals surface area contributed by atoms with Crippen LogP contribution in [0.4, 0.5) is 0 Å². The van der Waals surface area contributed by atoms with Gasteiger partial charge in [0.05, 0.1) is 11.5 Å². The summed E-state index contributed by atoms with van der Waals surface area (Å²) in [6.07, 6.45) is 2.20. The molecule has 19 heavy (non-hydrogen) atoms. The van der Waals surface area contributed by atoms with Crippen LogP contribution in [-0.2, 0) is 9.53 Å². The third kappa shape index (κ3) is 3.01. The lowest BCUT2D eigenvalue weighted by molar-refractivity contribution is -0.132. The fourth-order valence-electron chi connectivity index (χ4n) is 3.54. The van der Waals surface area contributed by atoms with Crippen LogP contribution in [-0.4, -0.2) is 53.2 Å². The molecule has 0 aromatic carbocycles. The molecule has 0 radical (unpaired) electrons. The van der Waals surface area contributed by atoms with Crippen molar-refractivity contribution in [3.8, 4) is 0 Å². The van der Waals surface area contributed by atoms with E-state index < -0.39 is 11.2 Å². The number of hydrogen-bond acceptors (Lipinski definition) is 4. The monoisotopic (exact) mass is 269 g/mol. The molecule has 2 aliphatic heterocycles. The Morgan fingerprint density at radius 2 is 2.05 bits per heavy atom. The molecule has 1 N–H and O–H groups in total. The van der Waals surface area contributed by atoms with Gasteiger partial charge < -0.3 is 14.7 Å². The Labute approximate surface area is 116 Å². The van der Waals surface area contributed by atoms with Gasteiger partial charge in [-0.15, -0.1) is 0 Å². The topological polar surface area (TPSA) is 49.8 Å². The first kappa shape index (κ1) is 14.9. The average molecular weight is 269 g/mol. The summed E-state index contributed by atoms with van der Waals surface area (Å²) >= 11 is 0. The molecule has 0 aliphatic carbocycles. The fourth-order valence-corrected chi connectivity index (χ4v) is 3.54. The van der Waals surface area contributed by atoms with E-state index in [1.165, 1.54) is 0 Å². The normalized spacial score (nSPS) is 34.7. The van der Waals surface area contributed by atoms with Crippen molar-refractivity contribution in [1.29, 1.82) is 0 Å². The van der Waals surface area contributed by atoms with Crippen LogP contribution in [0.1, 0.15) is 40.5 Å². The Morgan fingerprint density at radius 3 is 2.58 bits per heavy atom. The van der Waals surface area contributed by atoms with Crippen LogP contribution in [0.3, 0.4) is 0 Å². The van der Waals surface area contributed by atoms with Crippen molar-refractivity contribution in [2.45, 2.75) is 51.7 Å². The summed E-state index contributed by atoms with van der Waals surface area (Å²) in [5.41, 5.74) is -1.06. The van der Waals surface area contributed by atoms with Gasteiger partial charge in [0.2, 0.25) is 0 Å². The molecule has 0 amide bonds. The molecule has 0 aromatic heterocycles. The number of piperidine rings is 1. The van der Waals surface area contributed by atoms with E-state index in [9.17, 15) is 9.90 Å². The third-order valence-electron chi connectivity index (χ3n) is 4.57. The molecule has 110 valence electrons. The van der Waals surface area contributed by atoms with Gasteiger partial charge in [-0.25, -0.2) is 0 Å². The molecule has 4 nitrogen and oxygen atoms in total. The Bertz CT molecular complexity index is 351. The second-order valence-electron chi connectivity index (χ2n) is 7.08. The highest BCUT2D eigenvalue weighted by molar-refractivity contribution is 5.91. The molecule has 0 aromatic rings. The van der Waals surface area contributed by atoms with E-state index in [1.54, 1.807) is 0 Å². The molecule has 2 heterocycles. The maximum Gasteiger partial charge on any atom is 0.171 e. The number of rotatable bonds is 3. The molecule has 2 aliphatic rings. The molecule has 2 fully saturated rings. The van der Waals surface area contributed by atoms with Crippen molar-refractivity contribution in [1.82, 2.24) is 4.90 Å². The molecule has 0 spiro atoms. The molecule has 0 bridgehead atoms. The van der Waals surface area contributed by atoms with Crippen LogP contribution in [0.5, 0.6) is 0 Å². The average Bonchev–Trinajstić information content (AvgIpc) is 2.48. The van der Waals surface area contributed by atoms with E-state index in [1.807, 2.05) is 27.7 Å². The predicted octanol–water partition coefficient (Wildman–Crippen LogP) is 1.46.